The summed E-state index contributed by atoms with van der Waals surface area (Å²) in [6.07, 6.45) is 2.05. The molecule has 0 unspecified atom stereocenters. The third-order valence-electron chi connectivity index (χ3n) is 5.04. The number of benzene rings is 2. The summed E-state index contributed by atoms with van der Waals surface area (Å²) in [6.45, 7) is 1.98. The second kappa shape index (κ2) is 9.54. The van der Waals surface area contributed by atoms with E-state index in [0.717, 1.165) is 37.2 Å². The molecule has 1 fully saturated rings. The summed E-state index contributed by atoms with van der Waals surface area (Å²) in [7, 11) is 0. The molecule has 6 nitrogen and oxygen atoms in total. The largest absolute Gasteiger partial charge is 0.341 e. The number of rotatable bonds is 7. The van der Waals surface area contributed by atoms with Gasteiger partial charge in [0.2, 0.25) is 5.91 Å². The number of nitrogens with one attached hydrogen (secondary N) is 1. The van der Waals surface area contributed by atoms with E-state index < -0.39 is 0 Å². The minimum atomic E-state index is -0.233. The van der Waals surface area contributed by atoms with E-state index >= 15 is 0 Å². The highest BCUT2D eigenvalue weighted by Crippen LogP contribution is 2.22. The summed E-state index contributed by atoms with van der Waals surface area (Å²) in [6, 6.07) is 19.4. The average molecular weight is 421 g/mol. The Hall–Kier alpha value is -3.19. The summed E-state index contributed by atoms with van der Waals surface area (Å²) in [5.74, 6) is -0.238. The lowest BCUT2D eigenvalue weighted by molar-refractivity contribution is -0.130. The van der Waals surface area contributed by atoms with Gasteiger partial charge in [-0.3, -0.25) is 9.59 Å². The molecule has 0 atom stereocenters. The molecule has 7 heteroatoms. The van der Waals surface area contributed by atoms with Crippen molar-refractivity contribution in [1.82, 2.24) is 14.8 Å². The van der Waals surface area contributed by atoms with E-state index in [1.807, 2.05) is 65.6 Å². The molecule has 1 aliphatic heterocycles. The van der Waals surface area contributed by atoms with Crippen molar-refractivity contribution in [2.75, 3.05) is 25.0 Å². The summed E-state index contributed by atoms with van der Waals surface area (Å²) in [5, 5.41) is 5.61. The number of amides is 2. The van der Waals surface area contributed by atoms with Crippen LogP contribution in [0.1, 0.15) is 28.9 Å². The number of thiazole rings is 1. The lowest BCUT2D eigenvalue weighted by Gasteiger charge is -2.24. The zero-order valence-electron chi connectivity index (χ0n) is 16.7. The molecular formula is C23H24N4O2S. The van der Waals surface area contributed by atoms with Gasteiger partial charge >= 0.3 is 0 Å². The summed E-state index contributed by atoms with van der Waals surface area (Å²) in [4.78, 5) is 33.9. The lowest BCUT2D eigenvalue weighted by Crippen LogP contribution is -2.41. The van der Waals surface area contributed by atoms with Gasteiger partial charge in [0.05, 0.1) is 0 Å². The summed E-state index contributed by atoms with van der Waals surface area (Å²) < 4.78 is 0. The maximum Gasteiger partial charge on any atom is 0.274 e. The molecule has 1 aromatic heterocycles. The normalized spacial score (nSPS) is 13.3. The fraction of sp³-hybridized carbons (Fsp3) is 0.261. The molecule has 1 saturated heterocycles. The number of hydrogen-bond donors (Lipinski definition) is 1. The number of para-hydroxylation sites is 1. The van der Waals surface area contributed by atoms with Crippen molar-refractivity contribution in [3.8, 4) is 0 Å². The molecule has 0 radical (unpaired) electrons. The van der Waals surface area contributed by atoms with E-state index in [0.29, 0.717) is 17.4 Å². The summed E-state index contributed by atoms with van der Waals surface area (Å²) in [5.41, 5.74) is 2.25. The zero-order chi connectivity index (χ0) is 20.8. The highest BCUT2D eigenvalue weighted by Gasteiger charge is 2.25. The Labute approximate surface area is 180 Å². The molecule has 0 spiro atoms. The molecule has 4 rings (SSSR count). The maximum absolute atomic E-state index is 13.2. The Morgan fingerprint density at radius 1 is 1.00 bits per heavy atom. The third kappa shape index (κ3) is 5.04. The van der Waals surface area contributed by atoms with Crippen molar-refractivity contribution in [2.24, 2.45) is 0 Å². The minimum Gasteiger partial charge on any atom is -0.341 e. The van der Waals surface area contributed by atoms with Crippen LogP contribution in [-0.4, -0.2) is 46.2 Å². The number of aromatic nitrogens is 1. The van der Waals surface area contributed by atoms with Crippen molar-refractivity contribution in [3.63, 3.8) is 0 Å². The molecule has 3 aromatic rings. The predicted molar refractivity (Wildman–Crippen MR) is 119 cm³/mol. The number of likely N-dealkylation sites (tertiary alicyclic amines) is 1. The van der Waals surface area contributed by atoms with Crippen molar-refractivity contribution in [2.45, 2.75) is 19.4 Å². The number of carbonyl (C=O) groups is 2. The van der Waals surface area contributed by atoms with E-state index in [4.69, 9.17) is 0 Å². The third-order valence-corrected chi connectivity index (χ3v) is 5.79. The topological polar surface area (TPSA) is 65.5 Å². The van der Waals surface area contributed by atoms with Gasteiger partial charge in [0.25, 0.3) is 5.91 Å². The standard InChI is InChI=1S/C23H24N4O2S/c28-21(26-13-7-8-14-26)16-27(15-18-9-3-1-4-10-18)22(29)20-17-30-23(25-20)24-19-11-5-2-6-12-19/h1-6,9-12,17H,7-8,13-16H2,(H,24,25). The van der Waals surface area contributed by atoms with Crippen molar-refractivity contribution in [1.29, 1.82) is 0 Å². The quantitative estimate of drug-likeness (QED) is 0.624. The Morgan fingerprint density at radius 3 is 2.37 bits per heavy atom. The van der Waals surface area contributed by atoms with Gasteiger partial charge in [-0.25, -0.2) is 4.98 Å². The molecule has 2 heterocycles. The van der Waals surface area contributed by atoms with Gasteiger partial charge in [-0.1, -0.05) is 48.5 Å². The van der Waals surface area contributed by atoms with E-state index in [-0.39, 0.29) is 18.4 Å². The van der Waals surface area contributed by atoms with Gasteiger partial charge in [0.1, 0.15) is 12.2 Å². The number of carbonyl (C=O) groups excluding carboxylic acids is 2. The fourth-order valence-electron chi connectivity index (χ4n) is 3.47. The van der Waals surface area contributed by atoms with Crippen molar-refractivity contribution < 1.29 is 9.59 Å². The van der Waals surface area contributed by atoms with Crippen LogP contribution in [0.15, 0.2) is 66.0 Å². The zero-order valence-corrected chi connectivity index (χ0v) is 17.5. The van der Waals surface area contributed by atoms with Crippen LogP contribution in [0.3, 0.4) is 0 Å². The summed E-state index contributed by atoms with van der Waals surface area (Å²) >= 11 is 1.38. The first-order valence-corrected chi connectivity index (χ1v) is 11.0. The highest BCUT2D eigenvalue weighted by atomic mass is 32.1. The minimum absolute atomic E-state index is 0.00496. The molecule has 1 N–H and O–H groups in total. The van der Waals surface area contributed by atoms with Gasteiger partial charge in [-0.2, -0.15) is 0 Å². The molecule has 0 saturated carbocycles. The monoisotopic (exact) mass is 420 g/mol. The second-order valence-corrected chi connectivity index (χ2v) is 8.12. The molecule has 2 aromatic carbocycles. The molecule has 30 heavy (non-hydrogen) atoms. The van der Waals surface area contributed by atoms with Crippen LogP contribution in [0.4, 0.5) is 10.8 Å². The molecule has 0 bridgehead atoms. The SMILES string of the molecule is O=C(CN(Cc1ccccc1)C(=O)c1csc(Nc2ccccc2)n1)N1CCCC1. The number of hydrogen-bond acceptors (Lipinski definition) is 5. The number of anilines is 2. The highest BCUT2D eigenvalue weighted by molar-refractivity contribution is 7.14. The number of nitrogens with zero attached hydrogens (tertiary/aromatic N) is 3. The first-order valence-electron chi connectivity index (χ1n) is 10.1. The van der Waals surface area contributed by atoms with Crippen LogP contribution < -0.4 is 5.32 Å². The predicted octanol–water partition coefficient (Wildman–Crippen LogP) is 4.15. The van der Waals surface area contributed by atoms with Crippen LogP contribution >= 0.6 is 11.3 Å². The van der Waals surface area contributed by atoms with Crippen LogP contribution in [0.25, 0.3) is 0 Å². The van der Waals surface area contributed by atoms with Crippen molar-refractivity contribution >= 4 is 34.0 Å². The molecule has 2 amide bonds. The van der Waals surface area contributed by atoms with Crippen molar-refractivity contribution in [3.05, 3.63) is 77.3 Å². The second-order valence-electron chi connectivity index (χ2n) is 7.26. The van der Waals surface area contributed by atoms with Gasteiger partial charge in [0.15, 0.2) is 5.13 Å². The van der Waals surface area contributed by atoms with Crippen LogP contribution in [0.2, 0.25) is 0 Å². The molecule has 1 aliphatic rings. The maximum atomic E-state index is 13.2. The molecule has 154 valence electrons. The molecular weight excluding hydrogens is 396 g/mol. The van der Waals surface area contributed by atoms with Gasteiger partial charge in [0, 0.05) is 30.7 Å². The smallest absolute Gasteiger partial charge is 0.274 e. The molecule has 0 aliphatic carbocycles. The first kappa shape index (κ1) is 20.1. The van der Waals surface area contributed by atoms with E-state index in [9.17, 15) is 9.59 Å². The van der Waals surface area contributed by atoms with E-state index in [1.54, 1.807) is 10.3 Å². The Bertz CT molecular complexity index is 985. The van der Waals surface area contributed by atoms with E-state index in [2.05, 4.69) is 10.3 Å². The first-order chi connectivity index (χ1) is 14.7. The Morgan fingerprint density at radius 2 is 1.67 bits per heavy atom. The Kier molecular flexibility index (Phi) is 6.39. The Balaban J connectivity index is 1.50. The van der Waals surface area contributed by atoms with Crippen LogP contribution in [0.5, 0.6) is 0 Å². The lowest BCUT2D eigenvalue weighted by atomic mass is 10.2. The van der Waals surface area contributed by atoms with Gasteiger partial charge in [-0.15, -0.1) is 11.3 Å². The van der Waals surface area contributed by atoms with Gasteiger partial charge in [-0.05, 0) is 30.5 Å². The average Bonchev–Trinajstić information content (AvgIpc) is 3.47. The van der Waals surface area contributed by atoms with Gasteiger partial charge < -0.3 is 15.1 Å². The van der Waals surface area contributed by atoms with E-state index in [1.165, 1.54) is 11.3 Å². The fourth-order valence-corrected chi connectivity index (χ4v) is 4.17. The van der Waals surface area contributed by atoms with Crippen LogP contribution in [-0.2, 0) is 11.3 Å². The van der Waals surface area contributed by atoms with Crippen LogP contribution in [0, 0.1) is 0 Å².